The molecule has 0 saturated carbocycles. The number of hydrogen-bond donors (Lipinski definition) is 3. The van der Waals surface area contributed by atoms with Crippen LogP contribution in [0.1, 0.15) is 32.5 Å². The molecule has 0 aliphatic heterocycles. The van der Waals surface area contributed by atoms with Crippen LogP contribution in [0.25, 0.3) is 11.2 Å². The highest BCUT2D eigenvalue weighted by molar-refractivity contribution is 7.51. The van der Waals surface area contributed by atoms with Crippen LogP contribution in [-0.2, 0) is 28.8 Å². The summed E-state index contributed by atoms with van der Waals surface area (Å²) in [6.07, 6.45) is 1.54. The number of nitrogens with zero attached hydrogens (tertiary/aromatic N) is 4. The van der Waals surface area contributed by atoms with E-state index >= 15 is 0 Å². The van der Waals surface area contributed by atoms with E-state index in [4.69, 9.17) is 20.3 Å². The van der Waals surface area contributed by atoms with Crippen LogP contribution in [0, 0.1) is 0 Å². The Morgan fingerprint density at radius 1 is 1.16 bits per heavy atom. The average Bonchev–Trinajstić information content (AvgIpc) is 2.85. The largest absolute Gasteiger partial charge is 0.369 e. The Hall–Kier alpha value is -1.74. The first-order valence-corrected chi connectivity index (χ1v) is 9.96. The highest BCUT2D eigenvalue weighted by Gasteiger charge is 2.19. The van der Waals surface area contributed by atoms with Crippen molar-refractivity contribution in [3.05, 3.63) is 16.2 Å². The number of rotatable bonds is 9. The minimum atomic E-state index is -4.22. The molecule has 0 fully saturated rings. The summed E-state index contributed by atoms with van der Waals surface area (Å²) in [6, 6.07) is 0. The molecule has 0 amide bonds. The third-order valence-corrected chi connectivity index (χ3v) is 4.13. The molecule has 2 aromatic rings. The van der Waals surface area contributed by atoms with Crippen molar-refractivity contribution in [1.29, 1.82) is 0 Å². The summed E-state index contributed by atoms with van der Waals surface area (Å²) in [6.45, 7) is 4.68. The smallest absolute Gasteiger partial charge is 0.350 e. The summed E-state index contributed by atoms with van der Waals surface area (Å²) < 4.78 is 19.0. The molecule has 0 aliphatic carbocycles. The number of imidazole rings is 1. The highest BCUT2D eigenvalue weighted by Crippen LogP contribution is 2.33. The second-order valence-electron chi connectivity index (χ2n) is 5.73. The Balaban J connectivity index is 2.40. The van der Waals surface area contributed by atoms with Gasteiger partial charge in [-0.05, 0) is 12.8 Å². The summed E-state index contributed by atoms with van der Waals surface area (Å²) >= 11 is 0. The molecule has 0 bridgehead atoms. The summed E-state index contributed by atoms with van der Waals surface area (Å²) in [5.74, 6) is 0.806. The Bertz CT molecular complexity index is 840. The molecule has 0 atom stereocenters. The zero-order chi connectivity index (χ0) is 18.6. The van der Waals surface area contributed by atoms with Gasteiger partial charge >= 0.3 is 7.60 Å². The van der Waals surface area contributed by atoms with Crippen molar-refractivity contribution in [3.8, 4) is 0 Å². The maximum Gasteiger partial charge on any atom is 0.350 e. The Labute approximate surface area is 144 Å². The lowest BCUT2D eigenvalue weighted by atomic mass is 10.3. The van der Waals surface area contributed by atoms with Gasteiger partial charge in [-0.1, -0.05) is 13.8 Å². The molecule has 2 rings (SSSR count). The molecule has 0 radical (unpaired) electrons. The molecule has 0 unspecified atom stereocenters. The second-order valence-corrected chi connectivity index (χ2v) is 7.32. The van der Waals surface area contributed by atoms with Gasteiger partial charge < -0.3 is 24.8 Å². The van der Waals surface area contributed by atoms with E-state index in [0.717, 1.165) is 12.8 Å². The molecule has 140 valence electrons. The fraction of sp³-hybridized carbons (Fsp3) is 0.643. The number of fused-ring (bicyclic) bond motifs is 1. The monoisotopic (exact) mass is 373 g/mol. The Kier molecular flexibility index (Phi) is 6.34. The van der Waals surface area contributed by atoms with E-state index in [-0.39, 0.29) is 30.3 Å². The van der Waals surface area contributed by atoms with Crippen molar-refractivity contribution in [2.75, 3.05) is 18.7 Å². The molecule has 4 N–H and O–H groups in total. The molecule has 0 aromatic carbocycles. The van der Waals surface area contributed by atoms with Crippen LogP contribution in [-0.4, -0.2) is 41.8 Å². The lowest BCUT2D eigenvalue weighted by Crippen LogP contribution is -2.26. The summed E-state index contributed by atoms with van der Waals surface area (Å²) in [7, 11) is -4.22. The summed E-state index contributed by atoms with van der Waals surface area (Å²) in [5, 5.41) is 0. The van der Waals surface area contributed by atoms with Gasteiger partial charge in [-0.3, -0.25) is 13.9 Å². The predicted molar refractivity (Wildman–Crippen MR) is 93.3 cm³/mol. The van der Waals surface area contributed by atoms with Crippen molar-refractivity contribution in [3.63, 3.8) is 0 Å². The SMILES string of the molecule is CCCc1nc2nc(N)n(CCC)c(=O)c2n1CCOCP(=O)(O)O. The van der Waals surface area contributed by atoms with Crippen LogP contribution in [0.4, 0.5) is 5.95 Å². The van der Waals surface area contributed by atoms with Crippen molar-refractivity contribution in [1.82, 2.24) is 19.1 Å². The van der Waals surface area contributed by atoms with Crippen molar-refractivity contribution < 1.29 is 19.1 Å². The molecular formula is C14H24N5O5P. The first kappa shape index (κ1) is 19.6. The van der Waals surface area contributed by atoms with Gasteiger partial charge in [0.15, 0.2) is 11.2 Å². The van der Waals surface area contributed by atoms with Gasteiger partial charge in [0.1, 0.15) is 12.2 Å². The first-order valence-electron chi connectivity index (χ1n) is 8.16. The number of anilines is 1. The van der Waals surface area contributed by atoms with Crippen molar-refractivity contribution >= 4 is 24.7 Å². The normalized spacial score (nSPS) is 12.2. The molecule has 25 heavy (non-hydrogen) atoms. The Morgan fingerprint density at radius 3 is 2.48 bits per heavy atom. The predicted octanol–water partition coefficient (Wildman–Crippen LogP) is 0.689. The highest BCUT2D eigenvalue weighted by atomic mass is 31.2. The molecule has 2 aromatic heterocycles. The molecule has 11 heteroatoms. The van der Waals surface area contributed by atoms with E-state index in [9.17, 15) is 9.36 Å². The lowest BCUT2D eigenvalue weighted by molar-refractivity contribution is 0.149. The topological polar surface area (TPSA) is 145 Å². The first-order chi connectivity index (χ1) is 11.8. The Morgan fingerprint density at radius 2 is 1.88 bits per heavy atom. The minimum Gasteiger partial charge on any atom is -0.369 e. The van der Waals surface area contributed by atoms with E-state index in [1.54, 1.807) is 4.57 Å². The maximum absolute atomic E-state index is 12.8. The average molecular weight is 373 g/mol. The third kappa shape index (κ3) is 4.66. The van der Waals surface area contributed by atoms with Gasteiger partial charge in [-0.2, -0.15) is 4.98 Å². The van der Waals surface area contributed by atoms with Crippen LogP contribution in [0.15, 0.2) is 4.79 Å². The van der Waals surface area contributed by atoms with E-state index < -0.39 is 13.9 Å². The number of aromatic nitrogens is 4. The number of ether oxygens (including phenoxy) is 1. The molecule has 0 aliphatic rings. The van der Waals surface area contributed by atoms with Crippen LogP contribution >= 0.6 is 7.60 Å². The van der Waals surface area contributed by atoms with Crippen molar-refractivity contribution in [2.24, 2.45) is 0 Å². The number of aryl methyl sites for hydroxylation is 1. The standard InChI is InChI=1S/C14H24N5O5P/c1-3-5-10-16-12-11(13(20)19(6-4-2)14(15)17-12)18(10)7-8-24-9-25(21,22)23/h3-9H2,1-2H3,(H2,15,17)(H2,21,22,23). The molecule has 0 spiro atoms. The van der Waals surface area contributed by atoms with Gasteiger partial charge in [0, 0.05) is 19.5 Å². The molecule has 10 nitrogen and oxygen atoms in total. The summed E-state index contributed by atoms with van der Waals surface area (Å²) in [4.78, 5) is 39.1. The van der Waals surface area contributed by atoms with E-state index in [1.807, 2.05) is 13.8 Å². The van der Waals surface area contributed by atoms with Gasteiger partial charge in [-0.25, -0.2) is 4.98 Å². The summed E-state index contributed by atoms with van der Waals surface area (Å²) in [5.41, 5.74) is 6.22. The maximum atomic E-state index is 12.8. The second kappa shape index (κ2) is 8.09. The number of nitrogen functional groups attached to an aromatic ring is 1. The lowest BCUT2D eigenvalue weighted by Gasteiger charge is -2.11. The van der Waals surface area contributed by atoms with Gasteiger partial charge in [0.2, 0.25) is 5.95 Å². The fourth-order valence-electron chi connectivity index (χ4n) is 2.61. The zero-order valence-corrected chi connectivity index (χ0v) is 15.3. The number of hydrogen-bond acceptors (Lipinski definition) is 6. The van der Waals surface area contributed by atoms with Gasteiger partial charge in [0.05, 0.1) is 6.61 Å². The quantitative estimate of drug-likeness (QED) is 0.430. The van der Waals surface area contributed by atoms with Crippen LogP contribution in [0.5, 0.6) is 0 Å². The molecular weight excluding hydrogens is 349 g/mol. The fourth-order valence-corrected chi connectivity index (χ4v) is 2.98. The van der Waals surface area contributed by atoms with Gasteiger partial charge in [-0.15, -0.1) is 0 Å². The third-order valence-electron chi connectivity index (χ3n) is 3.61. The minimum absolute atomic E-state index is 0.0465. The number of nitrogens with two attached hydrogens (primary N) is 1. The van der Waals surface area contributed by atoms with Crippen LogP contribution in [0.2, 0.25) is 0 Å². The van der Waals surface area contributed by atoms with E-state index in [0.29, 0.717) is 24.3 Å². The zero-order valence-electron chi connectivity index (χ0n) is 14.4. The van der Waals surface area contributed by atoms with Gasteiger partial charge in [0.25, 0.3) is 5.56 Å². The van der Waals surface area contributed by atoms with E-state index in [2.05, 4.69) is 9.97 Å². The van der Waals surface area contributed by atoms with Crippen molar-refractivity contribution in [2.45, 2.75) is 46.2 Å². The molecule has 2 heterocycles. The van der Waals surface area contributed by atoms with E-state index in [1.165, 1.54) is 4.57 Å². The van der Waals surface area contributed by atoms with Crippen LogP contribution < -0.4 is 11.3 Å². The van der Waals surface area contributed by atoms with Crippen LogP contribution in [0.3, 0.4) is 0 Å². The molecule has 0 saturated heterocycles.